The van der Waals surface area contributed by atoms with E-state index in [1.165, 1.54) is 11.1 Å². The Hall–Kier alpha value is -2.69. The largest absolute Gasteiger partial charge is 0.508 e. The van der Waals surface area contributed by atoms with Crippen LogP contribution in [0, 0.1) is 0 Å². The Morgan fingerprint density at radius 2 is 1.79 bits per heavy atom. The van der Waals surface area contributed by atoms with E-state index in [2.05, 4.69) is 42.4 Å². The number of hydrogen-bond acceptors (Lipinski definition) is 3. The number of hydrogen-bond donors (Lipinski definition) is 3. The quantitative estimate of drug-likeness (QED) is 0.561. The third-order valence-electron chi connectivity index (χ3n) is 3.96. The van der Waals surface area contributed by atoms with Gasteiger partial charge in [-0.25, -0.2) is 4.99 Å². The van der Waals surface area contributed by atoms with E-state index < -0.39 is 0 Å². The van der Waals surface area contributed by atoms with Gasteiger partial charge in [0.05, 0.1) is 13.7 Å². The number of nitrogens with zero attached hydrogens (tertiary/aromatic N) is 1. The molecule has 24 heavy (non-hydrogen) atoms. The van der Waals surface area contributed by atoms with Gasteiger partial charge in [-0.3, -0.25) is 0 Å². The standard InChI is InChI=1S/C19H25N3O2/c1-4-13-7-6-8-14(5-2)18(13)22-19(20)21-12-15-11-16(24-3)9-10-17(15)23/h6-11,23H,4-5,12H2,1-3H3,(H3,20,21,22). The minimum atomic E-state index is 0.176. The number of guanidine groups is 1. The lowest BCUT2D eigenvalue weighted by molar-refractivity contribution is 0.411. The highest BCUT2D eigenvalue weighted by atomic mass is 16.5. The first-order valence-corrected chi connectivity index (χ1v) is 8.12. The van der Waals surface area contributed by atoms with Gasteiger partial charge in [-0.15, -0.1) is 0 Å². The minimum absolute atomic E-state index is 0.176. The van der Waals surface area contributed by atoms with Gasteiger partial charge in [0, 0.05) is 11.3 Å². The maximum Gasteiger partial charge on any atom is 0.193 e. The zero-order valence-corrected chi connectivity index (χ0v) is 14.5. The summed E-state index contributed by atoms with van der Waals surface area (Å²) in [6.07, 6.45) is 1.83. The highest BCUT2D eigenvalue weighted by molar-refractivity contribution is 5.93. The van der Waals surface area contributed by atoms with Crippen molar-refractivity contribution in [3.8, 4) is 11.5 Å². The van der Waals surface area contributed by atoms with Crippen molar-refractivity contribution >= 4 is 11.6 Å². The van der Waals surface area contributed by atoms with Crippen molar-refractivity contribution in [2.75, 3.05) is 12.4 Å². The number of methoxy groups -OCH3 is 1. The van der Waals surface area contributed by atoms with Crippen molar-refractivity contribution in [3.05, 3.63) is 53.1 Å². The highest BCUT2D eigenvalue weighted by Crippen LogP contribution is 2.24. The fourth-order valence-electron chi connectivity index (χ4n) is 2.56. The molecule has 0 saturated carbocycles. The summed E-state index contributed by atoms with van der Waals surface area (Å²) >= 11 is 0. The number of phenols is 1. The zero-order chi connectivity index (χ0) is 17.5. The second-order valence-corrected chi connectivity index (χ2v) is 5.48. The first-order valence-electron chi connectivity index (χ1n) is 8.12. The topological polar surface area (TPSA) is 79.9 Å². The van der Waals surface area contributed by atoms with E-state index in [9.17, 15) is 5.11 Å². The fraction of sp³-hybridized carbons (Fsp3) is 0.316. The molecule has 0 spiro atoms. The van der Waals surface area contributed by atoms with Gasteiger partial charge in [-0.05, 0) is 42.2 Å². The molecule has 2 rings (SSSR count). The van der Waals surface area contributed by atoms with Gasteiger partial charge in [-0.2, -0.15) is 0 Å². The molecule has 0 saturated heterocycles. The third-order valence-corrected chi connectivity index (χ3v) is 3.96. The van der Waals surface area contributed by atoms with Crippen LogP contribution in [0.2, 0.25) is 0 Å². The first-order chi connectivity index (χ1) is 11.6. The Labute approximate surface area is 143 Å². The van der Waals surface area contributed by atoms with E-state index >= 15 is 0 Å². The Morgan fingerprint density at radius 1 is 1.12 bits per heavy atom. The number of benzene rings is 2. The smallest absolute Gasteiger partial charge is 0.193 e. The second kappa shape index (κ2) is 8.24. The van der Waals surface area contributed by atoms with Crippen LogP contribution in [0.4, 0.5) is 5.69 Å². The molecule has 0 radical (unpaired) electrons. The van der Waals surface area contributed by atoms with E-state index in [4.69, 9.17) is 10.5 Å². The summed E-state index contributed by atoms with van der Waals surface area (Å²) in [6, 6.07) is 11.3. The van der Waals surface area contributed by atoms with Gasteiger partial charge in [0.15, 0.2) is 5.96 Å². The maximum absolute atomic E-state index is 9.91. The van der Waals surface area contributed by atoms with Crippen molar-refractivity contribution in [2.45, 2.75) is 33.2 Å². The summed E-state index contributed by atoms with van der Waals surface area (Å²) in [5, 5.41) is 13.1. The van der Waals surface area contributed by atoms with Crippen LogP contribution in [0.1, 0.15) is 30.5 Å². The zero-order valence-electron chi connectivity index (χ0n) is 14.5. The molecule has 0 amide bonds. The lowest BCUT2D eigenvalue weighted by Gasteiger charge is -2.15. The molecule has 0 heterocycles. The predicted molar refractivity (Wildman–Crippen MR) is 98.8 cm³/mol. The number of aromatic hydroxyl groups is 1. The van der Waals surface area contributed by atoms with E-state index in [-0.39, 0.29) is 12.3 Å². The Bertz CT molecular complexity index is 704. The molecule has 0 aliphatic carbocycles. The van der Waals surface area contributed by atoms with E-state index in [1.54, 1.807) is 25.3 Å². The number of nitrogens with two attached hydrogens (primary N) is 1. The van der Waals surface area contributed by atoms with Crippen molar-refractivity contribution in [1.29, 1.82) is 0 Å². The van der Waals surface area contributed by atoms with Crippen molar-refractivity contribution < 1.29 is 9.84 Å². The molecule has 0 bridgehead atoms. The average molecular weight is 327 g/mol. The SMILES string of the molecule is CCc1cccc(CC)c1NC(N)=NCc1cc(OC)ccc1O. The van der Waals surface area contributed by atoms with Crippen LogP contribution in [0.5, 0.6) is 11.5 Å². The van der Waals surface area contributed by atoms with Crippen LogP contribution in [0.3, 0.4) is 0 Å². The lowest BCUT2D eigenvalue weighted by Crippen LogP contribution is -2.24. The van der Waals surface area contributed by atoms with Crippen LogP contribution in [0.25, 0.3) is 0 Å². The fourth-order valence-corrected chi connectivity index (χ4v) is 2.56. The summed E-state index contributed by atoms with van der Waals surface area (Å²) in [7, 11) is 1.59. The molecular weight excluding hydrogens is 302 g/mol. The number of anilines is 1. The number of ether oxygens (including phenoxy) is 1. The monoisotopic (exact) mass is 327 g/mol. The minimum Gasteiger partial charge on any atom is -0.508 e. The Balaban J connectivity index is 2.18. The Morgan fingerprint density at radius 3 is 2.38 bits per heavy atom. The molecule has 2 aromatic rings. The number of para-hydroxylation sites is 1. The van der Waals surface area contributed by atoms with Crippen molar-refractivity contribution in [2.24, 2.45) is 10.7 Å². The van der Waals surface area contributed by atoms with Crippen molar-refractivity contribution in [3.63, 3.8) is 0 Å². The molecule has 5 heteroatoms. The van der Waals surface area contributed by atoms with Gasteiger partial charge in [0.2, 0.25) is 0 Å². The molecule has 0 atom stereocenters. The molecule has 128 valence electrons. The first kappa shape index (κ1) is 17.7. The van der Waals surface area contributed by atoms with E-state index in [1.807, 2.05) is 0 Å². The van der Waals surface area contributed by atoms with Gasteiger partial charge in [0.25, 0.3) is 0 Å². The van der Waals surface area contributed by atoms with E-state index in [0.717, 1.165) is 18.5 Å². The van der Waals surface area contributed by atoms with Crippen LogP contribution in [0.15, 0.2) is 41.4 Å². The summed E-state index contributed by atoms with van der Waals surface area (Å²) in [5.74, 6) is 1.18. The normalized spacial score (nSPS) is 11.4. The molecule has 2 aromatic carbocycles. The molecule has 5 nitrogen and oxygen atoms in total. The number of nitrogens with one attached hydrogen (secondary N) is 1. The molecule has 0 aromatic heterocycles. The second-order valence-electron chi connectivity index (χ2n) is 5.48. The van der Waals surface area contributed by atoms with Crippen LogP contribution >= 0.6 is 0 Å². The third kappa shape index (κ3) is 4.19. The van der Waals surface area contributed by atoms with Crippen LogP contribution in [-0.2, 0) is 19.4 Å². The van der Waals surface area contributed by atoms with Gasteiger partial charge < -0.3 is 20.9 Å². The molecule has 0 fully saturated rings. The molecule has 0 aliphatic rings. The number of aryl methyl sites for hydroxylation is 2. The molecule has 0 aliphatic heterocycles. The Kier molecular flexibility index (Phi) is 6.07. The molecule has 0 unspecified atom stereocenters. The highest BCUT2D eigenvalue weighted by Gasteiger charge is 2.08. The number of rotatable bonds is 6. The summed E-state index contributed by atoms with van der Waals surface area (Å²) in [5.41, 5.74) is 10.1. The van der Waals surface area contributed by atoms with Crippen LogP contribution in [-0.4, -0.2) is 18.2 Å². The summed E-state index contributed by atoms with van der Waals surface area (Å²) < 4.78 is 5.17. The van der Waals surface area contributed by atoms with Gasteiger partial charge in [-0.1, -0.05) is 32.0 Å². The molecular formula is C19H25N3O2. The van der Waals surface area contributed by atoms with Crippen molar-refractivity contribution in [1.82, 2.24) is 0 Å². The van der Waals surface area contributed by atoms with Crippen LogP contribution < -0.4 is 15.8 Å². The molecule has 4 N–H and O–H groups in total. The summed E-state index contributed by atoms with van der Waals surface area (Å²) in [4.78, 5) is 4.34. The predicted octanol–water partition coefficient (Wildman–Crippen LogP) is 3.45. The summed E-state index contributed by atoms with van der Waals surface area (Å²) in [6.45, 7) is 4.50. The van der Waals surface area contributed by atoms with E-state index in [0.29, 0.717) is 17.3 Å². The lowest BCUT2D eigenvalue weighted by atomic mass is 10.0. The number of phenolic OH excluding ortho intramolecular Hbond substituents is 1. The maximum atomic E-state index is 9.91. The van der Waals surface area contributed by atoms with Gasteiger partial charge >= 0.3 is 0 Å². The average Bonchev–Trinajstić information content (AvgIpc) is 2.61. The van der Waals surface area contributed by atoms with Gasteiger partial charge in [0.1, 0.15) is 11.5 Å². The number of aliphatic imine (C=N–C) groups is 1.